The summed E-state index contributed by atoms with van der Waals surface area (Å²) < 4.78 is 0. The lowest BCUT2D eigenvalue weighted by Gasteiger charge is -2.34. The molecule has 0 unspecified atom stereocenters. The van der Waals surface area contributed by atoms with Crippen molar-refractivity contribution in [3.8, 4) is 0 Å². The minimum Gasteiger partial charge on any atom is -0.344 e. The molecule has 0 bridgehead atoms. The van der Waals surface area contributed by atoms with Crippen LogP contribution >= 0.6 is 0 Å². The first kappa shape index (κ1) is 18.2. The summed E-state index contributed by atoms with van der Waals surface area (Å²) in [6.07, 6.45) is 2.02. The van der Waals surface area contributed by atoms with Gasteiger partial charge in [0.25, 0.3) is 0 Å². The van der Waals surface area contributed by atoms with Gasteiger partial charge in [-0.05, 0) is 17.9 Å². The fraction of sp³-hybridized carbons (Fsp3) is 0.688. The maximum Gasteiger partial charge on any atom is 0.246 e. The van der Waals surface area contributed by atoms with Gasteiger partial charge in [-0.15, -0.1) is 0 Å². The molecule has 0 aliphatic carbocycles. The Kier molecular flexibility index (Phi) is 6.14. The zero-order chi connectivity index (χ0) is 16.9. The number of hydrogen-bond acceptors (Lipinski definition) is 3. The first-order valence-electron chi connectivity index (χ1n) is 7.64. The zero-order valence-corrected chi connectivity index (χ0v) is 14.0. The van der Waals surface area contributed by atoms with Crippen LogP contribution in [0.25, 0.3) is 0 Å². The number of carbonyl (C=O) groups excluding carboxylic acids is 3. The van der Waals surface area contributed by atoms with Gasteiger partial charge in [0.05, 0.1) is 0 Å². The van der Waals surface area contributed by atoms with Crippen LogP contribution < -0.4 is 5.32 Å². The number of amides is 3. The van der Waals surface area contributed by atoms with Crippen LogP contribution in [0.1, 0.15) is 34.1 Å². The van der Waals surface area contributed by atoms with Crippen LogP contribution in [0, 0.1) is 5.41 Å². The molecule has 0 spiro atoms. The van der Waals surface area contributed by atoms with Crippen LogP contribution in [0.5, 0.6) is 0 Å². The van der Waals surface area contributed by atoms with Gasteiger partial charge in [0.15, 0.2) is 0 Å². The van der Waals surface area contributed by atoms with Gasteiger partial charge in [-0.3, -0.25) is 14.4 Å². The number of nitrogens with zero attached hydrogens (tertiary/aromatic N) is 2. The Morgan fingerprint density at radius 1 is 1.09 bits per heavy atom. The number of nitrogens with one attached hydrogen (secondary N) is 1. The number of rotatable bonds is 3. The van der Waals surface area contributed by atoms with Gasteiger partial charge < -0.3 is 15.1 Å². The molecule has 1 fully saturated rings. The quantitative estimate of drug-likeness (QED) is 0.783. The van der Waals surface area contributed by atoms with Gasteiger partial charge >= 0.3 is 0 Å². The average Bonchev–Trinajstić information content (AvgIpc) is 2.67. The largest absolute Gasteiger partial charge is 0.344 e. The van der Waals surface area contributed by atoms with E-state index in [-0.39, 0.29) is 23.1 Å². The SMILES string of the molecule is C=CC(=O)N1CCCN(C(=O)[C@@H](NC(C)=O)C(C)(C)C)CC1. The van der Waals surface area contributed by atoms with E-state index in [0.717, 1.165) is 6.42 Å². The van der Waals surface area contributed by atoms with Crippen molar-refractivity contribution in [2.75, 3.05) is 26.2 Å². The fourth-order valence-electron chi connectivity index (χ4n) is 2.52. The highest BCUT2D eigenvalue weighted by Crippen LogP contribution is 2.22. The van der Waals surface area contributed by atoms with E-state index < -0.39 is 6.04 Å². The molecule has 3 amide bonds. The van der Waals surface area contributed by atoms with Crippen molar-refractivity contribution >= 4 is 17.7 Å². The first-order chi connectivity index (χ1) is 10.2. The zero-order valence-electron chi connectivity index (χ0n) is 14.0. The molecular weight excluding hydrogens is 282 g/mol. The molecule has 1 aliphatic rings. The van der Waals surface area contributed by atoms with Gasteiger partial charge in [-0.2, -0.15) is 0 Å². The molecule has 1 heterocycles. The van der Waals surface area contributed by atoms with E-state index in [4.69, 9.17) is 0 Å². The lowest BCUT2D eigenvalue weighted by Crippen LogP contribution is -2.55. The molecular formula is C16H27N3O3. The van der Waals surface area contributed by atoms with E-state index in [9.17, 15) is 14.4 Å². The van der Waals surface area contributed by atoms with Crippen LogP contribution in [0.3, 0.4) is 0 Å². The van der Waals surface area contributed by atoms with Gasteiger partial charge in [0.2, 0.25) is 17.7 Å². The molecule has 1 N–H and O–H groups in total. The summed E-state index contributed by atoms with van der Waals surface area (Å²) in [4.78, 5) is 39.3. The number of hydrogen-bond donors (Lipinski definition) is 1. The van der Waals surface area contributed by atoms with Crippen molar-refractivity contribution in [1.82, 2.24) is 15.1 Å². The van der Waals surface area contributed by atoms with Gasteiger partial charge in [-0.25, -0.2) is 0 Å². The Bertz CT molecular complexity index is 454. The topological polar surface area (TPSA) is 69.7 Å². The molecule has 124 valence electrons. The summed E-state index contributed by atoms with van der Waals surface area (Å²) in [5.41, 5.74) is -0.369. The monoisotopic (exact) mass is 309 g/mol. The Balaban J connectivity index is 2.80. The maximum absolute atomic E-state index is 12.8. The lowest BCUT2D eigenvalue weighted by molar-refractivity contribution is -0.139. The minimum atomic E-state index is -0.563. The molecule has 22 heavy (non-hydrogen) atoms. The van der Waals surface area contributed by atoms with Crippen molar-refractivity contribution in [2.24, 2.45) is 5.41 Å². The van der Waals surface area contributed by atoms with Crippen LogP contribution in [0.4, 0.5) is 0 Å². The third-order valence-electron chi connectivity index (χ3n) is 3.75. The molecule has 6 nitrogen and oxygen atoms in total. The van der Waals surface area contributed by atoms with Crippen molar-refractivity contribution < 1.29 is 14.4 Å². The predicted molar refractivity (Wildman–Crippen MR) is 85.0 cm³/mol. The Labute approximate surface area is 132 Å². The molecule has 6 heteroatoms. The Morgan fingerprint density at radius 2 is 1.64 bits per heavy atom. The lowest BCUT2D eigenvalue weighted by atomic mass is 9.85. The average molecular weight is 309 g/mol. The first-order valence-corrected chi connectivity index (χ1v) is 7.64. The molecule has 1 atom stereocenters. The summed E-state index contributed by atoms with van der Waals surface area (Å²) in [6.45, 7) is 12.9. The molecule has 1 saturated heterocycles. The molecule has 1 aliphatic heterocycles. The van der Waals surface area contributed by atoms with E-state index in [1.165, 1.54) is 13.0 Å². The van der Waals surface area contributed by atoms with Crippen LogP contribution in [0.2, 0.25) is 0 Å². The summed E-state index contributed by atoms with van der Waals surface area (Å²) >= 11 is 0. The highest BCUT2D eigenvalue weighted by atomic mass is 16.2. The molecule has 0 radical (unpaired) electrons. The van der Waals surface area contributed by atoms with E-state index in [1.54, 1.807) is 9.80 Å². The fourth-order valence-corrected chi connectivity index (χ4v) is 2.52. The highest BCUT2D eigenvalue weighted by Gasteiger charge is 2.35. The van der Waals surface area contributed by atoms with Crippen LogP contribution in [-0.4, -0.2) is 59.7 Å². The summed E-state index contributed by atoms with van der Waals surface area (Å²) in [5.74, 6) is -0.411. The Hall–Kier alpha value is -1.85. The second-order valence-corrected chi connectivity index (χ2v) is 6.71. The van der Waals surface area contributed by atoms with Crippen molar-refractivity contribution in [3.05, 3.63) is 12.7 Å². The minimum absolute atomic E-state index is 0.0874. The van der Waals surface area contributed by atoms with Crippen molar-refractivity contribution in [2.45, 2.75) is 40.2 Å². The molecule has 1 rings (SSSR count). The van der Waals surface area contributed by atoms with Crippen molar-refractivity contribution in [3.63, 3.8) is 0 Å². The van der Waals surface area contributed by atoms with E-state index in [1.807, 2.05) is 20.8 Å². The van der Waals surface area contributed by atoms with Gasteiger partial charge in [0.1, 0.15) is 6.04 Å². The smallest absolute Gasteiger partial charge is 0.246 e. The molecule has 0 aromatic carbocycles. The molecule has 0 saturated carbocycles. The third-order valence-corrected chi connectivity index (χ3v) is 3.75. The van der Waals surface area contributed by atoms with E-state index in [0.29, 0.717) is 26.2 Å². The van der Waals surface area contributed by atoms with E-state index in [2.05, 4.69) is 11.9 Å². The van der Waals surface area contributed by atoms with Gasteiger partial charge in [0, 0.05) is 33.1 Å². The summed E-state index contributed by atoms with van der Waals surface area (Å²) in [6, 6.07) is -0.563. The van der Waals surface area contributed by atoms with Crippen LogP contribution in [0.15, 0.2) is 12.7 Å². The highest BCUT2D eigenvalue weighted by molar-refractivity contribution is 5.88. The van der Waals surface area contributed by atoms with Crippen molar-refractivity contribution in [1.29, 1.82) is 0 Å². The summed E-state index contributed by atoms with van der Waals surface area (Å²) in [5, 5.41) is 2.76. The normalized spacial score (nSPS) is 17.5. The maximum atomic E-state index is 12.8. The second kappa shape index (κ2) is 7.42. The van der Waals surface area contributed by atoms with E-state index >= 15 is 0 Å². The third kappa shape index (κ3) is 4.86. The molecule has 0 aromatic heterocycles. The summed E-state index contributed by atoms with van der Waals surface area (Å²) in [7, 11) is 0. The predicted octanol–water partition coefficient (Wildman–Crippen LogP) is 0.784. The molecule has 0 aromatic rings. The standard InChI is InChI=1S/C16H27N3O3/c1-6-13(21)18-8-7-9-19(11-10-18)15(22)14(16(3,4)5)17-12(2)20/h6,14H,1,7-11H2,2-5H3,(H,17,20)/t14-/m1/s1. The number of carbonyl (C=O) groups is 3. The second-order valence-electron chi connectivity index (χ2n) is 6.71. The van der Waals surface area contributed by atoms with Gasteiger partial charge in [-0.1, -0.05) is 27.4 Å². The Morgan fingerprint density at radius 3 is 2.14 bits per heavy atom. The van der Waals surface area contributed by atoms with Crippen LogP contribution in [-0.2, 0) is 14.4 Å².